The molecule has 5 heteroatoms. The number of hydrogen-bond acceptors (Lipinski definition) is 2. The Labute approximate surface area is 139 Å². The number of rotatable bonds is 4. The number of aliphatic imine (C=N–C) groups is 1. The number of nitrogens with one attached hydrogen (secondary N) is 1. The van der Waals surface area contributed by atoms with Crippen LogP contribution in [0.25, 0.3) is 0 Å². The van der Waals surface area contributed by atoms with Gasteiger partial charge in [0.15, 0.2) is 5.96 Å². The summed E-state index contributed by atoms with van der Waals surface area (Å²) in [5.74, 6) is 3.26. The third-order valence-corrected chi connectivity index (χ3v) is 5.32. The van der Waals surface area contributed by atoms with Gasteiger partial charge in [-0.05, 0) is 32.1 Å². The van der Waals surface area contributed by atoms with E-state index in [-0.39, 0.29) is 24.0 Å². The topological polar surface area (TPSA) is 27.6 Å². The normalized spacial score (nSPS) is 24.6. The van der Waals surface area contributed by atoms with Gasteiger partial charge in [-0.1, -0.05) is 13.3 Å². The third-order valence-electron chi connectivity index (χ3n) is 3.95. The molecule has 2 aliphatic rings. The molecule has 2 fully saturated rings. The van der Waals surface area contributed by atoms with E-state index in [0.717, 1.165) is 43.3 Å². The number of guanidine groups is 1. The number of halogens is 1. The number of thioether (sulfide) groups is 1. The Morgan fingerprint density at radius 1 is 1.37 bits per heavy atom. The van der Waals surface area contributed by atoms with Crippen LogP contribution in [0.3, 0.4) is 0 Å². The van der Waals surface area contributed by atoms with E-state index in [2.05, 4.69) is 35.8 Å². The molecular weight excluding hydrogens is 369 g/mol. The predicted molar refractivity (Wildman–Crippen MR) is 96.8 cm³/mol. The third kappa shape index (κ3) is 5.33. The van der Waals surface area contributed by atoms with Gasteiger partial charge in [-0.3, -0.25) is 4.99 Å². The Balaban J connectivity index is 0.00000180. The minimum Gasteiger partial charge on any atom is -0.357 e. The smallest absolute Gasteiger partial charge is 0.193 e. The summed E-state index contributed by atoms with van der Waals surface area (Å²) in [6.45, 7) is 8.77. The SMILES string of the molecule is CCNC(=NCC1CCC1)N1CCSC(CC)C1.I. The Morgan fingerprint density at radius 3 is 2.74 bits per heavy atom. The average Bonchev–Trinajstić information content (AvgIpc) is 2.36. The minimum atomic E-state index is 0. The van der Waals surface area contributed by atoms with Gasteiger partial charge in [-0.2, -0.15) is 11.8 Å². The fraction of sp³-hybridized carbons (Fsp3) is 0.929. The molecule has 1 saturated carbocycles. The van der Waals surface area contributed by atoms with E-state index in [1.165, 1.54) is 31.4 Å². The molecule has 0 aromatic carbocycles. The predicted octanol–water partition coefficient (Wildman–Crippen LogP) is 3.20. The van der Waals surface area contributed by atoms with Gasteiger partial charge in [-0.15, -0.1) is 24.0 Å². The molecule has 1 aliphatic carbocycles. The molecule has 0 aromatic heterocycles. The van der Waals surface area contributed by atoms with Gasteiger partial charge in [0.25, 0.3) is 0 Å². The van der Waals surface area contributed by atoms with Crippen LogP contribution in [-0.4, -0.2) is 48.0 Å². The second-order valence-corrected chi connectivity index (χ2v) is 6.75. The molecule has 0 radical (unpaired) electrons. The van der Waals surface area contributed by atoms with Crippen LogP contribution < -0.4 is 5.32 Å². The van der Waals surface area contributed by atoms with E-state index in [4.69, 9.17) is 4.99 Å². The highest BCUT2D eigenvalue weighted by Crippen LogP contribution is 2.26. The highest BCUT2D eigenvalue weighted by atomic mass is 127. The molecule has 1 saturated heterocycles. The van der Waals surface area contributed by atoms with Gasteiger partial charge in [0.05, 0.1) is 0 Å². The fourth-order valence-corrected chi connectivity index (χ4v) is 3.66. The standard InChI is InChI=1S/C14H27N3S.HI/c1-3-13-11-17(8-9-18-13)14(15-4-2)16-10-12-6-5-7-12;/h12-13H,3-11H2,1-2H3,(H,15,16);1H. The van der Waals surface area contributed by atoms with Crippen LogP contribution in [-0.2, 0) is 0 Å². The van der Waals surface area contributed by atoms with E-state index in [1.54, 1.807) is 0 Å². The second kappa shape index (κ2) is 9.32. The van der Waals surface area contributed by atoms with Crippen molar-refractivity contribution in [2.45, 2.75) is 44.8 Å². The zero-order valence-electron chi connectivity index (χ0n) is 12.2. The monoisotopic (exact) mass is 397 g/mol. The summed E-state index contributed by atoms with van der Waals surface area (Å²) in [4.78, 5) is 7.32. The van der Waals surface area contributed by atoms with Crippen molar-refractivity contribution in [3.05, 3.63) is 0 Å². The maximum Gasteiger partial charge on any atom is 0.193 e. The first-order valence-corrected chi connectivity index (χ1v) is 8.53. The van der Waals surface area contributed by atoms with E-state index in [0.29, 0.717) is 0 Å². The van der Waals surface area contributed by atoms with Crippen LogP contribution >= 0.6 is 35.7 Å². The zero-order chi connectivity index (χ0) is 12.8. The molecule has 1 heterocycles. The van der Waals surface area contributed by atoms with E-state index < -0.39 is 0 Å². The molecule has 1 unspecified atom stereocenters. The van der Waals surface area contributed by atoms with Crippen LogP contribution in [0.15, 0.2) is 4.99 Å². The van der Waals surface area contributed by atoms with Crippen molar-refractivity contribution < 1.29 is 0 Å². The van der Waals surface area contributed by atoms with Crippen LogP contribution in [0.5, 0.6) is 0 Å². The van der Waals surface area contributed by atoms with Crippen molar-refractivity contribution in [2.24, 2.45) is 10.9 Å². The molecule has 0 bridgehead atoms. The van der Waals surface area contributed by atoms with E-state index in [9.17, 15) is 0 Å². The Bertz CT molecular complexity index is 282. The Kier molecular flexibility index (Phi) is 8.53. The molecule has 0 amide bonds. The minimum absolute atomic E-state index is 0. The first kappa shape index (κ1) is 17.4. The highest BCUT2D eigenvalue weighted by Gasteiger charge is 2.22. The van der Waals surface area contributed by atoms with Crippen molar-refractivity contribution >= 4 is 41.7 Å². The zero-order valence-corrected chi connectivity index (χ0v) is 15.4. The molecule has 112 valence electrons. The van der Waals surface area contributed by atoms with Gasteiger partial charge in [0, 0.05) is 37.2 Å². The van der Waals surface area contributed by atoms with Crippen molar-refractivity contribution in [1.29, 1.82) is 0 Å². The first-order valence-electron chi connectivity index (χ1n) is 7.48. The van der Waals surface area contributed by atoms with Crippen LogP contribution in [0.4, 0.5) is 0 Å². The summed E-state index contributed by atoms with van der Waals surface area (Å²) in [6, 6.07) is 0. The summed E-state index contributed by atoms with van der Waals surface area (Å²) in [6.07, 6.45) is 5.45. The molecule has 1 atom stereocenters. The summed E-state index contributed by atoms with van der Waals surface area (Å²) in [7, 11) is 0. The summed E-state index contributed by atoms with van der Waals surface area (Å²) in [5, 5.41) is 4.25. The fourth-order valence-electron chi connectivity index (χ4n) is 2.48. The van der Waals surface area contributed by atoms with Gasteiger partial charge >= 0.3 is 0 Å². The van der Waals surface area contributed by atoms with Crippen LogP contribution in [0.1, 0.15) is 39.5 Å². The molecule has 0 spiro atoms. The first-order chi connectivity index (χ1) is 8.83. The summed E-state index contributed by atoms with van der Waals surface area (Å²) in [5.41, 5.74) is 0. The van der Waals surface area contributed by atoms with Gasteiger partial charge in [0.1, 0.15) is 0 Å². The Hall–Kier alpha value is 0.350. The van der Waals surface area contributed by atoms with Gasteiger partial charge in [0.2, 0.25) is 0 Å². The second-order valence-electron chi connectivity index (χ2n) is 5.34. The summed E-state index contributed by atoms with van der Waals surface area (Å²) < 4.78 is 0. The summed E-state index contributed by atoms with van der Waals surface area (Å²) >= 11 is 2.12. The lowest BCUT2D eigenvalue weighted by molar-refractivity contribution is 0.322. The van der Waals surface area contributed by atoms with Crippen LogP contribution in [0.2, 0.25) is 0 Å². The molecule has 1 N–H and O–H groups in total. The van der Waals surface area contributed by atoms with Crippen molar-refractivity contribution in [3.8, 4) is 0 Å². The maximum atomic E-state index is 4.85. The lowest BCUT2D eigenvalue weighted by Gasteiger charge is -2.35. The highest BCUT2D eigenvalue weighted by molar-refractivity contribution is 14.0. The molecule has 2 rings (SSSR count). The van der Waals surface area contributed by atoms with E-state index in [1.807, 2.05) is 0 Å². The molecule has 1 aliphatic heterocycles. The number of hydrogen-bond donors (Lipinski definition) is 1. The molecular formula is C14H28IN3S. The van der Waals surface area contributed by atoms with E-state index >= 15 is 0 Å². The van der Waals surface area contributed by atoms with Crippen LogP contribution in [0, 0.1) is 5.92 Å². The quantitative estimate of drug-likeness (QED) is 0.449. The van der Waals surface area contributed by atoms with Crippen molar-refractivity contribution in [2.75, 3.05) is 31.9 Å². The average molecular weight is 397 g/mol. The largest absolute Gasteiger partial charge is 0.357 e. The van der Waals surface area contributed by atoms with Gasteiger partial charge in [-0.25, -0.2) is 0 Å². The van der Waals surface area contributed by atoms with Crippen molar-refractivity contribution in [1.82, 2.24) is 10.2 Å². The molecule has 3 nitrogen and oxygen atoms in total. The molecule has 19 heavy (non-hydrogen) atoms. The van der Waals surface area contributed by atoms with Crippen molar-refractivity contribution in [3.63, 3.8) is 0 Å². The maximum absolute atomic E-state index is 4.85. The van der Waals surface area contributed by atoms with Gasteiger partial charge < -0.3 is 10.2 Å². The number of nitrogens with zero attached hydrogens (tertiary/aromatic N) is 2. The Morgan fingerprint density at radius 2 is 2.16 bits per heavy atom. The molecule has 0 aromatic rings. The lowest BCUT2D eigenvalue weighted by atomic mass is 9.86. The lowest BCUT2D eigenvalue weighted by Crippen LogP contribution is -2.48.